The summed E-state index contributed by atoms with van der Waals surface area (Å²) in [6.45, 7) is 5.97. The Morgan fingerprint density at radius 3 is 2.41 bits per heavy atom. The van der Waals surface area contributed by atoms with Gasteiger partial charge in [0.05, 0.1) is 32.8 Å². The van der Waals surface area contributed by atoms with E-state index < -0.39 is 5.97 Å². The molecule has 0 saturated heterocycles. The SMILES string of the molecule is CCOC(=O)c1c(NC(=O)Cc2ccc(OC)c(OC)c2)sc(C)c1CC. The largest absolute Gasteiger partial charge is 0.493 e. The molecule has 0 aliphatic rings. The maximum Gasteiger partial charge on any atom is 0.341 e. The summed E-state index contributed by atoms with van der Waals surface area (Å²) < 4.78 is 15.6. The minimum Gasteiger partial charge on any atom is -0.493 e. The van der Waals surface area contributed by atoms with Crippen molar-refractivity contribution in [3.63, 3.8) is 0 Å². The molecule has 0 atom stereocenters. The Balaban J connectivity index is 2.22. The van der Waals surface area contributed by atoms with Crippen molar-refractivity contribution in [1.82, 2.24) is 0 Å². The highest BCUT2D eigenvalue weighted by Crippen LogP contribution is 2.34. The smallest absolute Gasteiger partial charge is 0.341 e. The average molecular weight is 391 g/mol. The number of hydrogen-bond donors (Lipinski definition) is 1. The van der Waals surface area contributed by atoms with Gasteiger partial charge in [0.1, 0.15) is 5.00 Å². The number of benzene rings is 1. The molecular formula is C20H25NO5S. The summed E-state index contributed by atoms with van der Waals surface area (Å²) in [7, 11) is 3.11. The summed E-state index contributed by atoms with van der Waals surface area (Å²) in [5.41, 5.74) is 2.16. The molecule has 7 heteroatoms. The van der Waals surface area contributed by atoms with Crippen LogP contribution in [0.1, 0.15) is 40.2 Å². The van der Waals surface area contributed by atoms with E-state index in [0.717, 1.165) is 16.0 Å². The van der Waals surface area contributed by atoms with E-state index in [1.807, 2.05) is 19.9 Å². The maximum absolute atomic E-state index is 12.5. The third kappa shape index (κ3) is 4.80. The van der Waals surface area contributed by atoms with Gasteiger partial charge in [0, 0.05) is 4.88 Å². The first-order valence-corrected chi connectivity index (χ1v) is 9.56. The van der Waals surface area contributed by atoms with E-state index in [0.29, 0.717) is 28.5 Å². The van der Waals surface area contributed by atoms with Crippen molar-refractivity contribution < 1.29 is 23.8 Å². The van der Waals surface area contributed by atoms with Crippen molar-refractivity contribution in [2.75, 3.05) is 26.1 Å². The molecule has 0 aliphatic heterocycles. The van der Waals surface area contributed by atoms with Gasteiger partial charge in [-0.15, -0.1) is 11.3 Å². The third-order valence-electron chi connectivity index (χ3n) is 4.11. The molecule has 1 aromatic heterocycles. The van der Waals surface area contributed by atoms with Gasteiger partial charge in [-0.3, -0.25) is 4.79 Å². The molecule has 6 nitrogen and oxygen atoms in total. The lowest BCUT2D eigenvalue weighted by Gasteiger charge is -2.10. The zero-order chi connectivity index (χ0) is 20.0. The zero-order valence-electron chi connectivity index (χ0n) is 16.3. The lowest BCUT2D eigenvalue weighted by molar-refractivity contribution is -0.115. The fourth-order valence-electron chi connectivity index (χ4n) is 2.86. The Morgan fingerprint density at radius 1 is 1.11 bits per heavy atom. The fourth-order valence-corrected chi connectivity index (χ4v) is 4.01. The number of aryl methyl sites for hydroxylation is 1. The van der Waals surface area contributed by atoms with Crippen LogP contribution in [0, 0.1) is 6.92 Å². The van der Waals surface area contributed by atoms with E-state index in [1.54, 1.807) is 33.3 Å². The second-order valence-corrected chi connectivity index (χ2v) is 7.05. The fraction of sp³-hybridized carbons (Fsp3) is 0.400. The standard InChI is InChI=1S/C20H25NO5S/c1-6-14-12(3)27-19(18(14)20(23)26-7-2)21-17(22)11-13-8-9-15(24-4)16(10-13)25-5/h8-10H,6-7,11H2,1-5H3,(H,21,22). The summed E-state index contributed by atoms with van der Waals surface area (Å²) in [5.74, 6) is 0.555. The number of nitrogens with one attached hydrogen (secondary N) is 1. The van der Waals surface area contributed by atoms with Gasteiger partial charge in [-0.2, -0.15) is 0 Å². The lowest BCUT2D eigenvalue weighted by Crippen LogP contribution is -2.17. The van der Waals surface area contributed by atoms with Gasteiger partial charge in [0.2, 0.25) is 5.91 Å². The molecule has 1 heterocycles. The lowest BCUT2D eigenvalue weighted by atomic mass is 10.1. The van der Waals surface area contributed by atoms with Crippen LogP contribution in [0.15, 0.2) is 18.2 Å². The van der Waals surface area contributed by atoms with Crippen molar-refractivity contribution in [2.45, 2.75) is 33.6 Å². The van der Waals surface area contributed by atoms with Crippen molar-refractivity contribution in [2.24, 2.45) is 0 Å². The monoisotopic (exact) mass is 391 g/mol. The molecule has 0 spiro atoms. The predicted octanol–water partition coefficient (Wildman–Crippen LogP) is 3.99. The number of thiophene rings is 1. The Kier molecular flexibility index (Phi) is 7.24. The van der Waals surface area contributed by atoms with E-state index in [1.165, 1.54) is 11.3 Å². The second-order valence-electron chi connectivity index (χ2n) is 5.83. The number of hydrogen-bond acceptors (Lipinski definition) is 6. The van der Waals surface area contributed by atoms with Crippen LogP contribution in [-0.4, -0.2) is 32.7 Å². The number of esters is 1. The number of anilines is 1. The zero-order valence-corrected chi connectivity index (χ0v) is 17.1. The van der Waals surface area contributed by atoms with Gasteiger partial charge < -0.3 is 19.5 Å². The van der Waals surface area contributed by atoms with Gasteiger partial charge in [-0.05, 0) is 43.5 Å². The van der Waals surface area contributed by atoms with E-state index in [2.05, 4.69) is 5.32 Å². The topological polar surface area (TPSA) is 73.9 Å². The van der Waals surface area contributed by atoms with Gasteiger partial charge in [-0.1, -0.05) is 13.0 Å². The molecule has 1 aromatic carbocycles. The van der Waals surface area contributed by atoms with Crippen LogP contribution in [0.2, 0.25) is 0 Å². The third-order valence-corrected chi connectivity index (χ3v) is 5.17. The number of carbonyl (C=O) groups excluding carboxylic acids is 2. The van der Waals surface area contributed by atoms with E-state index in [4.69, 9.17) is 14.2 Å². The van der Waals surface area contributed by atoms with E-state index in [9.17, 15) is 9.59 Å². The molecule has 0 radical (unpaired) electrons. The molecule has 1 amide bonds. The number of ether oxygens (including phenoxy) is 3. The van der Waals surface area contributed by atoms with Crippen LogP contribution in [0.4, 0.5) is 5.00 Å². The molecule has 0 unspecified atom stereocenters. The summed E-state index contributed by atoms with van der Waals surface area (Å²) in [6, 6.07) is 5.34. The minimum absolute atomic E-state index is 0.154. The summed E-state index contributed by atoms with van der Waals surface area (Å²) in [4.78, 5) is 25.9. The molecule has 0 bridgehead atoms. The Labute approximate surface area is 163 Å². The molecule has 0 fully saturated rings. The second kappa shape index (κ2) is 9.41. The molecule has 2 rings (SSSR count). The average Bonchev–Trinajstić information content (AvgIpc) is 2.96. The van der Waals surface area contributed by atoms with Crippen LogP contribution in [0.5, 0.6) is 11.5 Å². The van der Waals surface area contributed by atoms with Crippen LogP contribution < -0.4 is 14.8 Å². The first-order chi connectivity index (χ1) is 12.9. The Morgan fingerprint density at radius 2 is 1.81 bits per heavy atom. The highest BCUT2D eigenvalue weighted by molar-refractivity contribution is 7.16. The molecule has 2 aromatic rings. The number of carbonyl (C=O) groups is 2. The van der Waals surface area contributed by atoms with Crippen molar-refractivity contribution >= 4 is 28.2 Å². The first kappa shape index (κ1) is 20.8. The van der Waals surface area contributed by atoms with Crippen molar-refractivity contribution in [3.05, 3.63) is 39.8 Å². The Bertz CT molecular complexity index is 828. The minimum atomic E-state index is -0.403. The number of rotatable bonds is 8. The van der Waals surface area contributed by atoms with Crippen molar-refractivity contribution in [3.8, 4) is 11.5 Å². The molecule has 0 aliphatic carbocycles. The summed E-state index contributed by atoms with van der Waals surface area (Å²) >= 11 is 1.39. The van der Waals surface area contributed by atoms with Crippen LogP contribution in [0.3, 0.4) is 0 Å². The van der Waals surface area contributed by atoms with Gasteiger partial charge in [-0.25, -0.2) is 4.79 Å². The van der Waals surface area contributed by atoms with E-state index in [-0.39, 0.29) is 18.9 Å². The molecule has 146 valence electrons. The normalized spacial score (nSPS) is 10.4. The number of amides is 1. The first-order valence-electron chi connectivity index (χ1n) is 8.75. The quantitative estimate of drug-likeness (QED) is 0.689. The van der Waals surface area contributed by atoms with Crippen molar-refractivity contribution in [1.29, 1.82) is 0 Å². The van der Waals surface area contributed by atoms with Crippen LogP contribution in [0.25, 0.3) is 0 Å². The Hall–Kier alpha value is -2.54. The van der Waals surface area contributed by atoms with Gasteiger partial charge in [0.15, 0.2) is 11.5 Å². The summed E-state index contributed by atoms with van der Waals surface area (Å²) in [6.07, 6.45) is 0.850. The van der Waals surface area contributed by atoms with Crippen LogP contribution >= 0.6 is 11.3 Å². The van der Waals surface area contributed by atoms with Crippen LogP contribution in [-0.2, 0) is 22.4 Å². The molecular weight excluding hydrogens is 366 g/mol. The molecule has 1 N–H and O–H groups in total. The summed E-state index contributed by atoms with van der Waals surface area (Å²) in [5, 5.41) is 3.40. The highest BCUT2D eigenvalue weighted by Gasteiger charge is 2.23. The highest BCUT2D eigenvalue weighted by atomic mass is 32.1. The van der Waals surface area contributed by atoms with Gasteiger partial charge in [0.25, 0.3) is 0 Å². The molecule has 0 saturated carbocycles. The molecule has 27 heavy (non-hydrogen) atoms. The van der Waals surface area contributed by atoms with E-state index >= 15 is 0 Å². The maximum atomic E-state index is 12.5. The van der Waals surface area contributed by atoms with Gasteiger partial charge >= 0.3 is 5.97 Å². The predicted molar refractivity (Wildman–Crippen MR) is 106 cm³/mol. The number of methoxy groups -OCH3 is 2.